The number of rotatable bonds is 3. The average molecular weight is 266 g/mol. The van der Waals surface area contributed by atoms with E-state index in [-0.39, 0.29) is 11.4 Å². The first-order valence-corrected chi connectivity index (χ1v) is 7.15. The molecule has 1 fully saturated rings. The van der Waals surface area contributed by atoms with Gasteiger partial charge < -0.3 is 5.11 Å². The third-order valence-corrected chi connectivity index (χ3v) is 3.96. The van der Waals surface area contributed by atoms with Gasteiger partial charge in [0.25, 0.3) is 0 Å². The molecule has 0 aromatic carbocycles. The van der Waals surface area contributed by atoms with E-state index in [0.717, 1.165) is 31.6 Å². The number of piperidine rings is 1. The Morgan fingerprint density at radius 1 is 1.44 bits per heavy atom. The first kappa shape index (κ1) is 13.8. The van der Waals surface area contributed by atoms with Crippen molar-refractivity contribution >= 4 is 12.6 Å². The Hall–Kier alpha value is -0.580. The predicted molar refractivity (Wildman–Crippen MR) is 76.9 cm³/mol. The maximum Gasteiger partial charge on any atom is 0.0667 e. The van der Waals surface area contributed by atoms with Crippen LogP contribution in [-0.4, -0.2) is 34.2 Å². The van der Waals surface area contributed by atoms with Crippen molar-refractivity contribution < 1.29 is 5.11 Å². The summed E-state index contributed by atoms with van der Waals surface area (Å²) in [6.45, 7) is 6.03. The van der Waals surface area contributed by atoms with E-state index in [1.54, 1.807) is 0 Å². The van der Waals surface area contributed by atoms with Gasteiger partial charge in [0.1, 0.15) is 0 Å². The molecule has 1 aromatic heterocycles. The predicted octanol–water partition coefficient (Wildman–Crippen LogP) is 2.59. The van der Waals surface area contributed by atoms with E-state index in [1.807, 2.05) is 19.2 Å². The maximum atomic E-state index is 9.72. The van der Waals surface area contributed by atoms with Crippen LogP contribution in [0.25, 0.3) is 0 Å². The summed E-state index contributed by atoms with van der Waals surface area (Å²) in [4.78, 5) is 6.78. The van der Waals surface area contributed by atoms with Crippen LogP contribution >= 0.6 is 12.6 Å². The van der Waals surface area contributed by atoms with E-state index in [9.17, 15) is 5.11 Å². The minimum atomic E-state index is -0.175. The van der Waals surface area contributed by atoms with Gasteiger partial charge >= 0.3 is 0 Å². The Morgan fingerprint density at radius 3 is 2.78 bits per heavy atom. The van der Waals surface area contributed by atoms with Crippen molar-refractivity contribution in [2.75, 3.05) is 13.1 Å². The number of thiol groups is 1. The van der Waals surface area contributed by atoms with Crippen molar-refractivity contribution in [1.82, 2.24) is 9.88 Å². The molecular weight excluding hydrogens is 244 g/mol. The minimum absolute atomic E-state index is 0.172. The van der Waals surface area contributed by atoms with Crippen LogP contribution in [-0.2, 0) is 0 Å². The van der Waals surface area contributed by atoms with Crippen molar-refractivity contribution in [3.05, 3.63) is 29.6 Å². The summed E-state index contributed by atoms with van der Waals surface area (Å²) in [6, 6.07) is 4.49. The van der Waals surface area contributed by atoms with Crippen LogP contribution in [0, 0.1) is 0 Å². The molecule has 1 aliphatic heterocycles. The van der Waals surface area contributed by atoms with E-state index in [4.69, 9.17) is 0 Å². The standard InChI is InChI=1S/C14H22N2OS/c1-10(16-7-3-4-13(17)9-16)12-5-6-14(11(2)18)15-8-12/h5-6,8,10-11,13,17-18H,3-4,7,9H2,1-2H3/t10-,11?,13-/m1/s1. The van der Waals surface area contributed by atoms with Crippen molar-refractivity contribution in [2.45, 2.75) is 44.1 Å². The molecule has 3 atom stereocenters. The summed E-state index contributed by atoms with van der Waals surface area (Å²) in [5.41, 5.74) is 2.22. The first-order chi connectivity index (χ1) is 8.58. The molecule has 3 nitrogen and oxygen atoms in total. The van der Waals surface area contributed by atoms with Gasteiger partial charge in [0.2, 0.25) is 0 Å². The third kappa shape index (κ3) is 3.25. The molecule has 1 aliphatic rings. The molecule has 0 amide bonds. The van der Waals surface area contributed by atoms with Crippen molar-refractivity contribution in [3.63, 3.8) is 0 Å². The molecule has 0 radical (unpaired) electrons. The fourth-order valence-corrected chi connectivity index (χ4v) is 2.61. The summed E-state index contributed by atoms with van der Waals surface area (Å²) < 4.78 is 0. The largest absolute Gasteiger partial charge is 0.392 e. The number of hydrogen-bond acceptors (Lipinski definition) is 4. The maximum absolute atomic E-state index is 9.72. The average Bonchev–Trinajstić information content (AvgIpc) is 2.38. The molecule has 0 bridgehead atoms. The number of β-amino-alcohol motifs (C(OH)–C–C–N with tert-alkyl or cyclic N) is 1. The molecule has 1 unspecified atom stereocenters. The van der Waals surface area contributed by atoms with E-state index < -0.39 is 0 Å². The summed E-state index contributed by atoms with van der Waals surface area (Å²) >= 11 is 4.38. The highest BCUT2D eigenvalue weighted by Crippen LogP contribution is 2.25. The highest BCUT2D eigenvalue weighted by atomic mass is 32.1. The molecule has 0 aliphatic carbocycles. The molecule has 1 saturated heterocycles. The van der Waals surface area contributed by atoms with Crippen LogP contribution in [0.15, 0.2) is 18.3 Å². The van der Waals surface area contributed by atoms with Crippen LogP contribution < -0.4 is 0 Å². The molecular formula is C14H22N2OS. The van der Waals surface area contributed by atoms with E-state index in [1.165, 1.54) is 5.56 Å². The Balaban J connectivity index is 2.05. The van der Waals surface area contributed by atoms with Crippen molar-refractivity contribution in [1.29, 1.82) is 0 Å². The summed E-state index contributed by atoms with van der Waals surface area (Å²) in [5.74, 6) is 0. The third-order valence-electron chi connectivity index (χ3n) is 3.70. The number of pyridine rings is 1. The number of aliphatic hydroxyl groups is 1. The van der Waals surface area contributed by atoms with Gasteiger partial charge in [0.05, 0.1) is 11.8 Å². The van der Waals surface area contributed by atoms with Gasteiger partial charge in [-0.2, -0.15) is 12.6 Å². The fraction of sp³-hybridized carbons (Fsp3) is 0.643. The van der Waals surface area contributed by atoms with Gasteiger partial charge in [-0.05, 0) is 44.9 Å². The Bertz CT molecular complexity index is 380. The molecule has 1 N–H and O–H groups in total. The zero-order chi connectivity index (χ0) is 13.1. The lowest BCUT2D eigenvalue weighted by molar-refractivity contribution is 0.0503. The van der Waals surface area contributed by atoms with Crippen LogP contribution in [0.2, 0.25) is 0 Å². The Kier molecular flexibility index (Phi) is 4.65. The lowest BCUT2D eigenvalue weighted by Gasteiger charge is -2.35. The van der Waals surface area contributed by atoms with Gasteiger partial charge in [-0.1, -0.05) is 6.07 Å². The molecule has 1 aromatic rings. The van der Waals surface area contributed by atoms with E-state index >= 15 is 0 Å². The number of nitrogens with zero attached hydrogens (tertiary/aromatic N) is 2. The molecule has 100 valence electrons. The SMILES string of the molecule is CC(S)c1ccc([C@@H](C)N2CCC[C@@H](O)C2)cn1. The number of aromatic nitrogens is 1. The molecule has 2 rings (SSSR count). The van der Waals surface area contributed by atoms with Gasteiger partial charge in [-0.15, -0.1) is 0 Å². The minimum Gasteiger partial charge on any atom is -0.392 e. The normalized spacial score (nSPS) is 24.8. The number of hydrogen-bond donors (Lipinski definition) is 2. The summed E-state index contributed by atoms with van der Waals surface area (Å²) in [7, 11) is 0. The number of likely N-dealkylation sites (tertiary alicyclic amines) is 1. The van der Waals surface area contributed by atoms with Crippen LogP contribution in [0.3, 0.4) is 0 Å². The second-order valence-corrected chi connectivity index (χ2v) is 5.93. The highest BCUT2D eigenvalue weighted by Gasteiger charge is 2.23. The van der Waals surface area contributed by atoms with E-state index in [0.29, 0.717) is 6.04 Å². The second kappa shape index (κ2) is 6.04. The van der Waals surface area contributed by atoms with Gasteiger partial charge in [0, 0.05) is 24.0 Å². The highest BCUT2D eigenvalue weighted by molar-refractivity contribution is 7.80. The summed E-state index contributed by atoms with van der Waals surface area (Å²) in [6.07, 6.45) is 3.77. The molecule has 4 heteroatoms. The van der Waals surface area contributed by atoms with Gasteiger partial charge in [-0.25, -0.2) is 0 Å². The smallest absolute Gasteiger partial charge is 0.0667 e. The lowest BCUT2D eigenvalue weighted by atomic mass is 10.0. The van der Waals surface area contributed by atoms with E-state index in [2.05, 4.69) is 35.5 Å². The molecule has 18 heavy (non-hydrogen) atoms. The molecule has 2 heterocycles. The zero-order valence-electron chi connectivity index (χ0n) is 11.1. The monoisotopic (exact) mass is 266 g/mol. The van der Waals surface area contributed by atoms with Crippen molar-refractivity contribution in [2.24, 2.45) is 0 Å². The Morgan fingerprint density at radius 2 is 2.22 bits per heavy atom. The summed E-state index contributed by atoms with van der Waals surface area (Å²) in [5, 5.41) is 9.90. The molecule has 0 saturated carbocycles. The quantitative estimate of drug-likeness (QED) is 0.826. The van der Waals surface area contributed by atoms with Crippen LogP contribution in [0.4, 0.5) is 0 Å². The van der Waals surface area contributed by atoms with Crippen LogP contribution in [0.5, 0.6) is 0 Å². The molecule has 0 spiro atoms. The fourth-order valence-electron chi connectivity index (χ4n) is 2.46. The first-order valence-electron chi connectivity index (χ1n) is 6.64. The van der Waals surface area contributed by atoms with Gasteiger partial charge in [-0.3, -0.25) is 9.88 Å². The number of aliphatic hydroxyl groups excluding tert-OH is 1. The Labute approximate surface area is 115 Å². The zero-order valence-corrected chi connectivity index (χ0v) is 12.0. The van der Waals surface area contributed by atoms with Crippen LogP contribution in [0.1, 0.15) is 49.2 Å². The van der Waals surface area contributed by atoms with Gasteiger partial charge in [0.15, 0.2) is 0 Å². The topological polar surface area (TPSA) is 36.4 Å². The lowest BCUT2D eigenvalue weighted by Crippen LogP contribution is -2.39. The second-order valence-electron chi connectivity index (χ2n) is 5.16. The van der Waals surface area contributed by atoms with Crippen molar-refractivity contribution in [3.8, 4) is 0 Å².